The lowest BCUT2D eigenvalue weighted by atomic mass is 10.0. The molecular weight excluding hydrogens is 464 g/mol. The molecule has 38 heavy (non-hydrogen) atoms. The zero-order chi connectivity index (χ0) is 27.6. The van der Waals surface area contributed by atoms with Gasteiger partial charge in [-0.1, -0.05) is 200 Å². The Kier molecular flexibility index (Phi) is 34.0. The van der Waals surface area contributed by atoms with Crippen molar-refractivity contribution in [3.8, 4) is 0 Å². The number of carbonyl (C=O) groups excluding carboxylic acids is 1. The Morgan fingerprint density at radius 3 is 0.868 bits per heavy atom. The molecule has 0 aromatic rings. The Balaban J connectivity index is 3.14. The largest absolute Gasteiger partial charge is 0.466 e. The highest BCUT2D eigenvalue weighted by Crippen LogP contribution is 2.15. The van der Waals surface area contributed by atoms with E-state index in [1.54, 1.807) is 0 Å². The Hall–Kier alpha value is -0.530. The molecule has 0 rings (SSSR count). The van der Waals surface area contributed by atoms with E-state index in [1.807, 2.05) is 0 Å². The Morgan fingerprint density at radius 1 is 0.342 bits per heavy atom. The maximum atomic E-state index is 11.9. The van der Waals surface area contributed by atoms with Crippen LogP contribution in [0.15, 0.2) is 0 Å². The van der Waals surface area contributed by atoms with Crippen molar-refractivity contribution in [2.45, 2.75) is 219 Å². The highest BCUT2D eigenvalue weighted by Gasteiger charge is 2.03. The van der Waals surface area contributed by atoms with Crippen LogP contribution in [0.2, 0.25) is 0 Å². The summed E-state index contributed by atoms with van der Waals surface area (Å²) in [5.74, 6) is 0.0284. The molecule has 0 amide bonds. The molecule has 0 aromatic carbocycles. The number of carbonyl (C=O) groups is 1. The quantitative estimate of drug-likeness (QED) is 0.0615. The summed E-state index contributed by atoms with van der Waals surface area (Å²) in [5, 5.41) is 0. The molecule has 0 radical (unpaired) electrons. The van der Waals surface area contributed by atoms with Crippen molar-refractivity contribution in [1.82, 2.24) is 0 Å². The van der Waals surface area contributed by atoms with E-state index in [1.165, 1.54) is 186 Å². The van der Waals surface area contributed by atoms with E-state index in [9.17, 15) is 4.79 Å². The van der Waals surface area contributed by atoms with Gasteiger partial charge in [0.25, 0.3) is 0 Å². The van der Waals surface area contributed by atoms with Crippen molar-refractivity contribution in [3.63, 3.8) is 0 Å². The number of ether oxygens (including phenoxy) is 1. The molecule has 2 heteroatoms. The molecule has 0 heterocycles. The van der Waals surface area contributed by atoms with Crippen molar-refractivity contribution in [2.24, 2.45) is 0 Å². The van der Waals surface area contributed by atoms with Gasteiger partial charge >= 0.3 is 5.97 Å². The molecule has 0 bridgehead atoms. The highest BCUT2D eigenvalue weighted by atomic mass is 16.5. The number of rotatable bonds is 33. The molecule has 0 N–H and O–H groups in total. The average molecular weight is 537 g/mol. The third kappa shape index (κ3) is 33.5. The van der Waals surface area contributed by atoms with Gasteiger partial charge in [-0.3, -0.25) is 4.79 Å². The van der Waals surface area contributed by atoms with Gasteiger partial charge < -0.3 is 4.74 Å². The molecule has 0 spiro atoms. The van der Waals surface area contributed by atoms with Crippen LogP contribution in [-0.2, 0) is 9.53 Å². The normalized spacial score (nSPS) is 11.3. The predicted octanol–water partition coefficient (Wildman–Crippen LogP) is 13.1. The fourth-order valence-corrected chi connectivity index (χ4v) is 5.55. The summed E-state index contributed by atoms with van der Waals surface area (Å²) in [4.78, 5) is 11.9. The van der Waals surface area contributed by atoms with E-state index < -0.39 is 0 Å². The third-order valence-electron chi connectivity index (χ3n) is 8.25. The first kappa shape index (κ1) is 37.5. The Bertz CT molecular complexity index is 433. The monoisotopic (exact) mass is 537 g/mol. The fraction of sp³-hybridized carbons (Fsp3) is 0.972. The van der Waals surface area contributed by atoms with Crippen molar-refractivity contribution < 1.29 is 9.53 Å². The zero-order valence-corrected chi connectivity index (χ0v) is 26.7. The van der Waals surface area contributed by atoms with Gasteiger partial charge in [0.15, 0.2) is 0 Å². The molecule has 2 nitrogen and oxygen atoms in total. The molecule has 0 aliphatic carbocycles. The number of hydrogen-bond acceptors (Lipinski definition) is 2. The van der Waals surface area contributed by atoms with Crippen molar-refractivity contribution in [3.05, 3.63) is 0 Å². The van der Waals surface area contributed by atoms with Crippen molar-refractivity contribution in [2.75, 3.05) is 6.61 Å². The van der Waals surface area contributed by atoms with E-state index in [4.69, 9.17) is 4.74 Å². The summed E-state index contributed by atoms with van der Waals surface area (Å²) in [5.41, 5.74) is 0. The molecular formula is C36H72O2. The van der Waals surface area contributed by atoms with Crippen LogP contribution < -0.4 is 0 Å². The van der Waals surface area contributed by atoms with Crippen LogP contribution in [0.5, 0.6) is 0 Å². The number of esters is 1. The van der Waals surface area contributed by atoms with Crippen LogP contribution >= 0.6 is 0 Å². The average Bonchev–Trinajstić information content (AvgIpc) is 2.92. The van der Waals surface area contributed by atoms with E-state index in [2.05, 4.69) is 13.8 Å². The van der Waals surface area contributed by atoms with Crippen LogP contribution in [-0.4, -0.2) is 12.6 Å². The predicted molar refractivity (Wildman–Crippen MR) is 170 cm³/mol. The van der Waals surface area contributed by atoms with E-state index in [0.29, 0.717) is 13.0 Å². The van der Waals surface area contributed by atoms with Gasteiger partial charge in [0.2, 0.25) is 0 Å². The maximum absolute atomic E-state index is 11.9. The lowest BCUT2D eigenvalue weighted by Gasteiger charge is -2.06. The van der Waals surface area contributed by atoms with Crippen LogP contribution in [0, 0.1) is 0 Å². The summed E-state index contributed by atoms with van der Waals surface area (Å²) in [6.07, 6.45) is 43.1. The Labute approximate surface area is 241 Å². The molecule has 0 atom stereocenters. The molecule has 0 aliphatic heterocycles. The minimum atomic E-state index is 0.0284. The summed E-state index contributed by atoms with van der Waals surface area (Å²) in [6.45, 7) is 5.22. The standard InChI is InChI=1S/C36H72O2/c1-3-5-7-9-11-13-15-17-19-21-23-25-27-29-31-33-35-38-36(37)34-32-30-28-26-24-22-20-18-16-14-12-10-8-6-4-2/h3-35H2,1-2H3. The van der Waals surface area contributed by atoms with Crippen LogP contribution in [0.1, 0.15) is 219 Å². The lowest BCUT2D eigenvalue weighted by Crippen LogP contribution is -2.05. The maximum Gasteiger partial charge on any atom is 0.305 e. The molecule has 0 fully saturated rings. The summed E-state index contributed by atoms with van der Waals surface area (Å²) < 4.78 is 5.44. The number of hydrogen-bond donors (Lipinski definition) is 0. The van der Waals surface area contributed by atoms with E-state index in [-0.39, 0.29) is 5.97 Å². The first-order chi connectivity index (χ1) is 18.8. The van der Waals surface area contributed by atoms with Crippen LogP contribution in [0.4, 0.5) is 0 Å². The SMILES string of the molecule is CCCCCCCCCCCCCCCCCCOC(=O)CCCCCCCCCCCCCCCCC. The fourth-order valence-electron chi connectivity index (χ4n) is 5.55. The van der Waals surface area contributed by atoms with Crippen LogP contribution in [0.3, 0.4) is 0 Å². The Morgan fingerprint density at radius 2 is 0.579 bits per heavy atom. The molecule has 0 saturated heterocycles. The molecule has 0 saturated carbocycles. The highest BCUT2D eigenvalue weighted by molar-refractivity contribution is 5.69. The van der Waals surface area contributed by atoms with Gasteiger partial charge in [0.05, 0.1) is 6.61 Å². The summed E-state index contributed by atoms with van der Waals surface area (Å²) in [7, 11) is 0. The second-order valence-electron chi connectivity index (χ2n) is 12.2. The third-order valence-corrected chi connectivity index (χ3v) is 8.25. The van der Waals surface area contributed by atoms with Crippen molar-refractivity contribution in [1.29, 1.82) is 0 Å². The first-order valence-corrected chi connectivity index (χ1v) is 18.0. The molecule has 0 aliphatic rings. The topological polar surface area (TPSA) is 26.3 Å². The summed E-state index contributed by atoms with van der Waals surface area (Å²) >= 11 is 0. The molecule has 228 valence electrons. The molecule has 0 unspecified atom stereocenters. The summed E-state index contributed by atoms with van der Waals surface area (Å²) in [6, 6.07) is 0. The second kappa shape index (κ2) is 34.5. The second-order valence-corrected chi connectivity index (χ2v) is 12.2. The van der Waals surface area contributed by atoms with Gasteiger partial charge in [-0.05, 0) is 12.8 Å². The van der Waals surface area contributed by atoms with Crippen molar-refractivity contribution >= 4 is 5.97 Å². The van der Waals surface area contributed by atoms with Crippen LogP contribution in [0.25, 0.3) is 0 Å². The van der Waals surface area contributed by atoms with Gasteiger partial charge in [-0.25, -0.2) is 0 Å². The molecule has 0 aromatic heterocycles. The van der Waals surface area contributed by atoms with Gasteiger partial charge in [0, 0.05) is 6.42 Å². The van der Waals surface area contributed by atoms with E-state index in [0.717, 1.165) is 12.8 Å². The minimum Gasteiger partial charge on any atom is -0.466 e. The lowest BCUT2D eigenvalue weighted by molar-refractivity contribution is -0.143. The number of unbranched alkanes of at least 4 members (excludes halogenated alkanes) is 29. The van der Waals surface area contributed by atoms with Gasteiger partial charge in [-0.2, -0.15) is 0 Å². The minimum absolute atomic E-state index is 0.0284. The first-order valence-electron chi connectivity index (χ1n) is 18.0. The van der Waals surface area contributed by atoms with Gasteiger partial charge in [0.1, 0.15) is 0 Å². The van der Waals surface area contributed by atoms with E-state index >= 15 is 0 Å². The van der Waals surface area contributed by atoms with Gasteiger partial charge in [-0.15, -0.1) is 0 Å². The zero-order valence-electron chi connectivity index (χ0n) is 26.7. The smallest absolute Gasteiger partial charge is 0.305 e.